The van der Waals surface area contributed by atoms with Crippen molar-refractivity contribution in [3.8, 4) is 28.5 Å². The minimum absolute atomic E-state index is 0.0196. The lowest BCUT2D eigenvalue weighted by Gasteiger charge is -2.07. The van der Waals surface area contributed by atoms with Crippen LogP contribution in [0.25, 0.3) is 11.3 Å². The summed E-state index contributed by atoms with van der Waals surface area (Å²) in [5, 5.41) is 3.99. The van der Waals surface area contributed by atoms with Crippen molar-refractivity contribution < 1.29 is 19.0 Å². The van der Waals surface area contributed by atoms with Gasteiger partial charge < -0.3 is 14.2 Å². The molecule has 166 valence electrons. The molecule has 1 heterocycles. The van der Waals surface area contributed by atoms with Gasteiger partial charge in [-0.2, -0.15) is 5.10 Å². The van der Waals surface area contributed by atoms with E-state index in [2.05, 4.69) is 27.4 Å². The third-order valence-electron chi connectivity index (χ3n) is 4.53. The van der Waals surface area contributed by atoms with Crippen molar-refractivity contribution in [3.05, 3.63) is 66.1 Å². The summed E-state index contributed by atoms with van der Waals surface area (Å²) < 4.78 is 16.1. The zero-order valence-corrected chi connectivity index (χ0v) is 18.4. The van der Waals surface area contributed by atoms with Crippen molar-refractivity contribution in [2.45, 2.75) is 19.8 Å². The van der Waals surface area contributed by atoms with Crippen LogP contribution in [-0.4, -0.2) is 42.9 Å². The highest BCUT2D eigenvalue weighted by Gasteiger charge is 2.10. The molecule has 0 bridgehead atoms. The van der Waals surface area contributed by atoms with Crippen LogP contribution >= 0.6 is 0 Å². The maximum absolute atomic E-state index is 12.4. The summed E-state index contributed by atoms with van der Waals surface area (Å²) in [4.78, 5) is 20.8. The number of rotatable bonds is 10. The first-order valence-electron chi connectivity index (χ1n) is 10.3. The molecule has 0 aliphatic carbocycles. The summed E-state index contributed by atoms with van der Waals surface area (Å²) in [7, 11) is 3.13. The van der Waals surface area contributed by atoms with E-state index in [9.17, 15) is 4.79 Å². The van der Waals surface area contributed by atoms with E-state index in [-0.39, 0.29) is 5.82 Å². The highest BCUT2D eigenvalue weighted by molar-refractivity contribution is 5.92. The van der Waals surface area contributed by atoms with E-state index in [0.717, 1.165) is 24.2 Å². The van der Waals surface area contributed by atoms with E-state index >= 15 is 0 Å². The molecule has 3 rings (SSSR count). The van der Waals surface area contributed by atoms with Gasteiger partial charge in [-0.05, 0) is 48.9 Å². The van der Waals surface area contributed by atoms with Crippen molar-refractivity contribution in [2.24, 2.45) is 5.10 Å². The van der Waals surface area contributed by atoms with Crippen LogP contribution in [0.2, 0.25) is 0 Å². The number of amides is 1. The number of carbonyl (C=O) groups is 1. The molecule has 0 saturated carbocycles. The predicted octanol–water partition coefficient (Wildman–Crippen LogP) is 4.10. The zero-order chi connectivity index (χ0) is 22.8. The molecule has 0 unspecified atom stereocenters. The van der Waals surface area contributed by atoms with Gasteiger partial charge in [-0.15, -0.1) is 0 Å². The Labute approximate surface area is 187 Å². The summed E-state index contributed by atoms with van der Waals surface area (Å²) in [6.07, 6.45) is 5.13. The first-order chi connectivity index (χ1) is 15.6. The van der Waals surface area contributed by atoms with Gasteiger partial charge in [0.25, 0.3) is 0 Å². The van der Waals surface area contributed by atoms with Crippen molar-refractivity contribution in [1.82, 2.24) is 15.4 Å². The third kappa shape index (κ3) is 6.28. The van der Waals surface area contributed by atoms with Gasteiger partial charge in [0, 0.05) is 23.4 Å². The molecule has 1 aromatic heterocycles. The van der Waals surface area contributed by atoms with E-state index in [4.69, 9.17) is 14.2 Å². The van der Waals surface area contributed by atoms with Crippen LogP contribution < -0.4 is 19.6 Å². The van der Waals surface area contributed by atoms with Crippen LogP contribution in [0.3, 0.4) is 0 Å². The molecule has 0 aliphatic rings. The monoisotopic (exact) mass is 434 g/mol. The summed E-state index contributed by atoms with van der Waals surface area (Å²) in [6.45, 7) is 2.81. The maximum Gasteiger partial charge on any atom is 0.309 e. The average molecular weight is 434 g/mol. The van der Waals surface area contributed by atoms with Gasteiger partial charge in [-0.1, -0.05) is 13.3 Å². The first kappa shape index (κ1) is 22.7. The SMILES string of the molecule is CCCCOc1ccc(-c2ccnc(C(=O)NN=Cc3cc(OC)cc(OC)c3)n2)cc1. The molecule has 1 N–H and O–H groups in total. The lowest BCUT2D eigenvalue weighted by molar-refractivity contribution is 0.0945. The Morgan fingerprint density at radius 1 is 1.03 bits per heavy atom. The third-order valence-corrected chi connectivity index (χ3v) is 4.53. The van der Waals surface area contributed by atoms with E-state index in [1.807, 2.05) is 24.3 Å². The summed E-state index contributed by atoms with van der Waals surface area (Å²) in [5.41, 5.74) is 4.64. The summed E-state index contributed by atoms with van der Waals surface area (Å²) >= 11 is 0. The van der Waals surface area contributed by atoms with Gasteiger partial charge in [-0.25, -0.2) is 15.4 Å². The molecule has 0 spiro atoms. The fraction of sp³-hybridized carbons (Fsp3) is 0.250. The van der Waals surface area contributed by atoms with E-state index < -0.39 is 5.91 Å². The Morgan fingerprint density at radius 2 is 1.75 bits per heavy atom. The quantitative estimate of drug-likeness (QED) is 0.293. The Balaban J connectivity index is 1.66. The number of methoxy groups -OCH3 is 2. The molecular weight excluding hydrogens is 408 g/mol. The van der Waals surface area contributed by atoms with Crippen LogP contribution in [-0.2, 0) is 0 Å². The first-order valence-corrected chi connectivity index (χ1v) is 10.3. The number of carbonyl (C=O) groups excluding carboxylic acids is 1. The largest absolute Gasteiger partial charge is 0.497 e. The molecule has 0 atom stereocenters. The summed E-state index contributed by atoms with van der Waals surface area (Å²) in [5.74, 6) is 1.55. The topological polar surface area (TPSA) is 94.9 Å². The molecule has 0 radical (unpaired) electrons. The molecule has 0 aliphatic heterocycles. The predicted molar refractivity (Wildman–Crippen MR) is 122 cm³/mol. The van der Waals surface area contributed by atoms with Gasteiger partial charge >= 0.3 is 5.91 Å². The van der Waals surface area contributed by atoms with Crippen LogP contribution in [0, 0.1) is 0 Å². The van der Waals surface area contributed by atoms with Crippen LogP contribution in [0.15, 0.2) is 59.8 Å². The number of aromatic nitrogens is 2. The smallest absolute Gasteiger partial charge is 0.309 e. The lowest BCUT2D eigenvalue weighted by atomic mass is 10.1. The zero-order valence-electron chi connectivity index (χ0n) is 18.4. The fourth-order valence-corrected chi connectivity index (χ4v) is 2.80. The number of hydrazone groups is 1. The number of nitrogens with one attached hydrogen (secondary N) is 1. The van der Waals surface area contributed by atoms with Crippen molar-refractivity contribution in [1.29, 1.82) is 0 Å². The Morgan fingerprint density at radius 3 is 2.41 bits per heavy atom. The van der Waals surface area contributed by atoms with Gasteiger partial charge in [-0.3, -0.25) is 4.79 Å². The Bertz CT molecular complexity index is 1050. The second-order valence-electron chi connectivity index (χ2n) is 6.84. The van der Waals surface area contributed by atoms with E-state index in [1.165, 1.54) is 6.21 Å². The lowest BCUT2D eigenvalue weighted by Crippen LogP contribution is -2.20. The molecule has 0 saturated heterocycles. The van der Waals surface area contributed by atoms with Gasteiger partial charge in [0.2, 0.25) is 5.82 Å². The number of unbranched alkanes of at least 4 members (excludes halogenated alkanes) is 1. The highest BCUT2D eigenvalue weighted by Crippen LogP contribution is 2.22. The minimum atomic E-state index is -0.516. The van der Waals surface area contributed by atoms with Gasteiger partial charge in [0.15, 0.2) is 0 Å². The normalized spacial score (nSPS) is 10.7. The molecule has 3 aromatic rings. The molecule has 1 amide bonds. The minimum Gasteiger partial charge on any atom is -0.497 e. The molecular formula is C24H26N4O4. The van der Waals surface area contributed by atoms with Crippen molar-refractivity contribution in [3.63, 3.8) is 0 Å². The fourth-order valence-electron chi connectivity index (χ4n) is 2.80. The van der Waals surface area contributed by atoms with Crippen LogP contribution in [0.4, 0.5) is 0 Å². The molecule has 0 fully saturated rings. The summed E-state index contributed by atoms with van der Waals surface area (Å²) in [6, 6.07) is 14.6. The second-order valence-corrected chi connectivity index (χ2v) is 6.84. The molecule has 8 heteroatoms. The van der Waals surface area contributed by atoms with E-state index in [1.54, 1.807) is 44.7 Å². The highest BCUT2D eigenvalue weighted by atomic mass is 16.5. The Hall–Kier alpha value is -3.94. The Kier molecular flexibility index (Phi) is 8.14. The van der Waals surface area contributed by atoms with E-state index in [0.29, 0.717) is 29.4 Å². The van der Waals surface area contributed by atoms with Crippen LogP contribution in [0.1, 0.15) is 35.9 Å². The van der Waals surface area contributed by atoms with Gasteiger partial charge in [0.1, 0.15) is 17.2 Å². The molecule has 8 nitrogen and oxygen atoms in total. The standard InChI is InChI=1S/C24H26N4O4/c1-4-5-12-32-19-8-6-18(7-9-19)22-10-11-25-23(27-22)24(29)28-26-16-17-13-20(30-2)15-21(14-17)31-3/h6-11,13-16H,4-5,12H2,1-3H3,(H,28,29). The average Bonchev–Trinajstić information content (AvgIpc) is 2.84. The second kappa shape index (κ2) is 11.5. The number of nitrogens with zero attached hydrogens (tertiary/aromatic N) is 3. The van der Waals surface area contributed by atoms with Crippen molar-refractivity contribution >= 4 is 12.1 Å². The van der Waals surface area contributed by atoms with Crippen LogP contribution in [0.5, 0.6) is 17.2 Å². The van der Waals surface area contributed by atoms with Crippen molar-refractivity contribution in [2.75, 3.05) is 20.8 Å². The van der Waals surface area contributed by atoms with Gasteiger partial charge in [0.05, 0.1) is 32.7 Å². The molecule has 2 aromatic carbocycles. The number of hydrogen-bond acceptors (Lipinski definition) is 7. The number of ether oxygens (including phenoxy) is 3. The number of benzene rings is 2. The molecule has 32 heavy (non-hydrogen) atoms. The maximum atomic E-state index is 12.4. The number of hydrogen-bond donors (Lipinski definition) is 1.